The molecule has 0 radical (unpaired) electrons. The van der Waals surface area contributed by atoms with Gasteiger partial charge in [0, 0.05) is 0 Å². The van der Waals surface area contributed by atoms with Crippen LogP contribution in [0.3, 0.4) is 0 Å². The molecule has 5 N–H and O–H groups in total. The highest BCUT2D eigenvalue weighted by Crippen LogP contribution is 2.35. The molecule has 2 rings (SSSR count). The van der Waals surface area contributed by atoms with E-state index in [9.17, 15) is 9.90 Å². The first-order valence-corrected chi connectivity index (χ1v) is 7.08. The van der Waals surface area contributed by atoms with Gasteiger partial charge in [0.2, 0.25) is 0 Å². The quantitative estimate of drug-likeness (QED) is 0.333. The maximum atomic E-state index is 11.4. The molecular formula is C17H19N3O4. The summed E-state index contributed by atoms with van der Waals surface area (Å²) in [5.74, 6) is 5.92. The van der Waals surface area contributed by atoms with E-state index >= 15 is 0 Å². The molecule has 126 valence electrons. The smallest absolute Gasteiger partial charge is 0.355 e. The van der Waals surface area contributed by atoms with Crippen LogP contribution in [0.1, 0.15) is 5.56 Å². The molecule has 0 aliphatic heterocycles. The Hall–Kier alpha value is -3.19. The monoisotopic (exact) mass is 329 g/mol. The number of ether oxygens (including phenoxy) is 2. The topological polar surface area (TPSA) is 111 Å². The number of hydrazine groups is 1. The normalized spacial score (nSPS) is 11.0. The molecule has 0 aromatic heterocycles. The number of nitrogens with zero attached hydrogens (tertiary/aromatic N) is 1. The molecule has 0 aliphatic carbocycles. The third-order valence-electron chi connectivity index (χ3n) is 3.18. The fourth-order valence-corrected chi connectivity index (χ4v) is 1.98. The van der Waals surface area contributed by atoms with E-state index in [1.165, 1.54) is 13.3 Å². The molecule has 0 saturated heterocycles. The van der Waals surface area contributed by atoms with Crippen molar-refractivity contribution in [2.24, 2.45) is 11.6 Å². The van der Waals surface area contributed by atoms with Crippen molar-refractivity contribution >= 4 is 11.7 Å². The van der Waals surface area contributed by atoms with Gasteiger partial charge in [0.25, 0.3) is 0 Å². The van der Waals surface area contributed by atoms with Crippen LogP contribution in [-0.4, -0.2) is 18.2 Å². The number of aryl methyl sites for hydroxylation is 1. The van der Waals surface area contributed by atoms with E-state index in [-0.39, 0.29) is 17.2 Å². The van der Waals surface area contributed by atoms with Gasteiger partial charge in [-0.25, -0.2) is 10.6 Å². The fourth-order valence-electron chi connectivity index (χ4n) is 1.98. The van der Waals surface area contributed by atoms with Gasteiger partial charge < -0.3 is 20.3 Å². The summed E-state index contributed by atoms with van der Waals surface area (Å²) in [7, 11) is 1.22. The van der Waals surface area contributed by atoms with Crippen molar-refractivity contribution < 1.29 is 19.4 Å². The zero-order valence-corrected chi connectivity index (χ0v) is 13.4. The van der Waals surface area contributed by atoms with Crippen LogP contribution in [0.15, 0.2) is 54.4 Å². The molecule has 0 atom stereocenters. The first-order valence-electron chi connectivity index (χ1n) is 7.08. The Morgan fingerprint density at radius 3 is 2.58 bits per heavy atom. The Kier molecular flexibility index (Phi) is 5.28. The van der Waals surface area contributed by atoms with Gasteiger partial charge in [0.1, 0.15) is 5.70 Å². The highest BCUT2D eigenvalue weighted by molar-refractivity contribution is 5.87. The number of benzene rings is 2. The van der Waals surface area contributed by atoms with Crippen molar-refractivity contribution in [3.8, 4) is 17.2 Å². The van der Waals surface area contributed by atoms with Crippen LogP contribution < -0.4 is 21.3 Å². The summed E-state index contributed by atoms with van der Waals surface area (Å²) in [5.41, 5.74) is 6.79. The van der Waals surface area contributed by atoms with Crippen molar-refractivity contribution in [1.82, 2.24) is 0 Å². The molecule has 0 aliphatic rings. The van der Waals surface area contributed by atoms with Crippen molar-refractivity contribution in [2.45, 2.75) is 6.92 Å². The molecule has 0 fully saturated rings. The molecule has 0 saturated carbocycles. The number of para-hydroxylation sites is 2. The number of carbonyl (C=O) groups is 1. The molecular weight excluding hydrogens is 310 g/mol. The van der Waals surface area contributed by atoms with E-state index in [4.69, 9.17) is 16.3 Å². The second kappa shape index (κ2) is 7.38. The van der Waals surface area contributed by atoms with Gasteiger partial charge in [-0.15, -0.1) is 0 Å². The third kappa shape index (κ3) is 3.96. The summed E-state index contributed by atoms with van der Waals surface area (Å²) >= 11 is 0. The van der Waals surface area contributed by atoms with Crippen LogP contribution in [0.2, 0.25) is 0 Å². The minimum absolute atomic E-state index is 0.0120. The minimum atomic E-state index is -0.694. The van der Waals surface area contributed by atoms with Crippen molar-refractivity contribution in [2.75, 3.05) is 12.1 Å². The van der Waals surface area contributed by atoms with Gasteiger partial charge >= 0.3 is 5.97 Å². The van der Waals surface area contributed by atoms with Crippen LogP contribution in [0.4, 0.5) is 5.69 Å². The maximum absolute atomic E-state index is 11.4. The number of esters is 1. The number of phenols is 1. The molecule has 2 aromatic rings. The van der Waals surface area contributed by atoms with E-state index in [1.54, 1.807) is 36.4 Å². The van der Waals surface area contributed by atoms with Crippen LogP contribution in [0, 0.1) is 6.92 Å². The number of hydrogen-bond acceptors (Lipinski definition) is 7. The van der Waals surface area contributed by atoms with Crippen molar-refractivity contribution in [3.05, 3.63) is 59.9 Å². The number of rotatable bonds is 5. The Labute approximate surface area is 139 Å². The first-order chi connectivity index (χ1) is 11.4. The van der Waals surface area contributed by atoms with Gasteiger partial charge in [-0.1, -0.05) is 18.2 Å². The lowest BCUT2D eigenvalue weighted by Crippen LogP contribution is -2.28. The molecule has 24 heavy (non-hydrogen) atoms. The average Bonchev–Trinajstić information content (AvgIpc) is 2.56. The van der Waals surface area contributed by atoms with E-state index < -0.39 is 5.97 Å². The second-order valence-electron chi connectivity index (χ2n) is 5.02. The number of methoxy groups -OCH3 is 1. The van der Waals surface area contributed by atoms with Crippen LogP contribution in [0.5, 0.6) is 17.2 Å². The Bertz CT molecular complexity index is 774. The van der Waals surface area contributed by atoms with Gasteiger partial charge in [-0.2, -0.15) is 0 Å². The van der Waals surface area contributed by atoms with Gasteiger partial charge in [-0.3, -0.25) is 5.01 Å². The highest BCUT2D eigenvalue weighted by Gasteiger charge is 2.13. The molecule has 7 nitrogen and oxygen atoms in total. The van der Waals surface area contributed by atoms with Gasteiger partial charge in [-0.05, 0) is 36.8 Å². The standard InChI is InChI=1S/C17H19N3O4/c1-11-7-8-16(14(21)9-11)24-15-6-4-3-5-13(15)20(19)10-12(18)17(22)23-2/h3-10,21H,18-19H2,1-2H3/b12-10-. The van der Waals surface area contributed by atoms with Gasteiger partial charge in [0.15, 0.2) is 17.2 Å². The predicted octanol–water partition coefficient (Wildman–Crippen LogP) is 2.15. The number of hydrogen-bond donors (Lipinski definition) is 3. The third-order valence-corrected chi connectivity index (χ3v) is 3.18. The van der Waals surface area contributed by atoms with Gasteiger partial charge in [0.05, 0.1) is 19.0 Å². The number of phenolic OH excluding ortho intramolecular Hbond substituents is 1. The summed E-state index contributed by atoms with van der Waals surface area (Å²) in [6.45, 7) is 1.86. The summed E-state index contributed by atoms with van der Waals surface area (Å²) in [4.78, 5) is 11.4. The molecule has 0 heterocycles. The largest absolute Gasteiger partial charge is 0.504 e. The molecule has 0 spiro atoms. The number of carbonyl (C=O) groups excluding carboxylic acids is 1. The summed E-state index contributed by atoms with van der Waals surface area (Å²) < 4.78 is 10.2. The molecule has 2 aromatic carbocycles. The maximum Gasteiger partial charge on any atom is 0.355 e. The zero-order valence-electron chi connectivity index (χ0n) is 13.4. The molecule has 0 bridgehead atoms. The van der Waals surface area contributed by atoms with Crippen molar-refractivity contribution in [1.29, 1.82) is 0 Å². The lowest BCUT2D eigenvalue weighted by Gasteiger charge is -2.19. The van der Waals surface area contributed by atoms with Crippen LogP contribution in [-0.2, 0) is 9.53 Å². The zero-order chi connectivity index (χ0) is 17.7. The lowest BCUT2D eigenvalue weighted by molar-refractivity contribution is -0.136. The lowest BCUT2D eigenvalue weighted by atomic mass is 10.2. The fraction of sp³-hybridized carbons (Fsp3) is 0.118. The van der Waals surface area contributed by atoms with E-state index in [1.807, 2.05) is 13.0 Å². The highest BCUT2D eigenvalue weighted by atomic mass is 16.5. The van der Waals surface area contributed by atoms with E-state index in [0.717, 1.165) is 10.6 Å². The molecule has 0 unspecified atom stereocenters. The average molecular weight is 329 g/mol. The van der Waals surface area contributed by atoms with E-state index in [2.05, 4.69) is 4.74 Å². The summed E-state index contributed by atoms with van der Waals surface area (Å²) in [6, 6.07) is 11.9. The second-order valence-corrected chi connectivity index (χ2v) is 5.02. The minimum Gasteiger partial charge on any atom is -0.504 e. The number of nitrogens with two attached hydrogens (primary N) is 2. The number of anilines is 1. The summed E-state index contributed by atoms with van der Waals surface area (Å²) in [5, 5.41) is 11.1. The Balaban J connectivity index is 2.32. The predicted molar refractivity (Wildman–Crippen MR) is 90.3 cm³/mol. The Morgan fingerprint density at radius 1 is 1.21 bits per heavy atom. The van der Waals surface area contributed by atoms with Crippen LogP contribution >= 0.6 is 0 Å². The van der Waals surface area contributed by atoms with Crippen molar-refractivity contribution in [3.63, 3.8) is 0 Å². The SMILES string of the molecule is COC(=O)/C(N)=C/N(N)c1ccccc1Oc1ccc(C)cc1O. The Morgan fingerprint density at radius 2 is 1.92 bits per heavy atom. The van der Waals surface area contributed by atoms with E-state index in [0.29, 0.717) is 11.4 Å². The molecule has 7 heteroatoms. The number of aromatic hydroxyl groups is 1. The summed E-state index contributed by atoms with van der Waals surface area (Å²) in [6.07, 6.45) is 1.23. The van der Waals surface area contributed by atoms with Crippen LogP contribution in [0.25, 0.3) is 0 Å². The molecule has 0 amide bonds. The first kappa shape index (κ1) is 17.2.